The molecule has 1 aliphatic heterocycles. The summed E-state index contributed by atoms with van der Waals surface area (Å²) in [4.78, 5) is 2.26. The highest BCUT2D eigenvalue weighted by Gasteiger charge is 2.17. The van der Waals surface area contributed by atoms with Crippen LogP contribution in [0.5, 0.6) is 0 Å². The van der Waals surface area contributed by atoms with Crippen LogP contribution in [-0.4, -0.2) is 38.0 Å². The van der Waals surface area contributed by atoms with Crippen LogP contribution in [0, 0.1) is 0 Å². The molecule has 88 valence electrons. The molecule has 0 aromatic heterocycles. The summed E-state index contributed by atoms with van der Waals surface area (Å²) in [5.41, 5.74) is 8.02. The first-order valence-electron chi connectivity index (χ1n) is 5.61. The van der Waals surface area contributed by atoms with Gasteiger partial charge in [-0.25, -0.2) is 0 Å². The molecule has 1 aromatic rings. The summed E-state index contributed by atoms with van der Waals surface area (Å²) in [6.07, 6.45) is 0. The molecule has 16 heavy (non-hydrogen) atoms. The molecule has 0 spiro atoms. The van der Waals surface area contributed by atoms with Gasteiger partial charge >= 0.3 is 0 Å². The molecule has 0 unspecified atom stereocenters. The molecule has 1 fully saturated rings. The van der Waals surface area contributed by atoms with Crippen molar-refractivity contribution < 1.29 is 9.84 Å². The van der Waals surface area contributed by atoms with Crippen LogP contribution in [0.1, 0.15) is 11.6 Å². The van der Waals surface area contributed by atoms with Crippen LogP contribution in [0.2, 0.25) is 0 Å². The molecule has 3 N–H and O–H groups in total. The number of aliphatic hydroxyl groups is 1. The third kappa shape index (κ3) is 2.35. The Morgan fingerprint density at radius 2 is 2.00 bits per heavy atom. The van der Waals surface area contributed by atoms with Crippen molar-refractivity contribution in [3.63, 3.8) is 0 Å². The van der Waals surface area contributed by atoms with Crippen molar-refractivity contribution in [2.45, 2.75) is 6.04 Å². The van der Waals surface area contributed by atoms with Crippen LogP contribution in [0.3, 0.4) is 0 Å². The van der Waals surface area contributed by atoms with Gasteiger partial charge in [0.15, 0.2) is 0 Å². The smallest absolute Gasteiger partial charge is 0.0642 e. The van der Waals surface area contributed by atoms with Gasteiger partial charge in [0.25, 0.3) is 0 Å². The average Bonchev–Trinajstić information content (AvgIpc) is 2.39. The number of nitrogens with zero attached hydrogens (tertiary/aromatic N) is 1. The zero-order valence-corrected chi connectivity index (χ0v) is 9.30. The summed E-state index contributed by atoms with van der Waals surface area (Å²) in [6, 6.07) is 7.67. The van der Waals surface area contributed by atoms with E-state index >= 15 is 0 Å². The quantitative estimate of drug-likeness (QED) is 0.782. The first-order chi connectivity index (χ1) is 7.83. The normalized spacial score (nSPS) is 18.5. The third-order valence-corrected chi connectivity index (χ3v) is 2.88. The van der Waals surface area contributed by atoms with Crippen LogP contribution >= 0.6 is 0 Å². The zero-order valence-electron chi connectivity index (χ0n) is 9.30. The van der Waals surface area contributed by atoms with Crippen LogP contribution in [-0.2, 0) is 4.74 Å². The summed E-state index contributed by atoms with van der Waals surface area (Å²) in [5, 5.41) is 9.14. The van der Waals surface area contributed by atoms with E-state index in [1.807, 2.05) is 18.2 Å². The number of para-hydroxylation sites is 1. The van der Waals surface area contributed by atoms with Gasteiger partial charge in [0.05, 0.1) is 25.9 Å². The van der Waals surface area contributed by atoms with E-state index in [1.165, 1.54) is 0 Å². The highest BCUT2D eigenvalue weighted by molar-refractivity contribution is 5.55. The van der Waals surface area contributed by atoms with E-state index in [0.717, 1.165) is 37.6 Å². The number of nitrogens with two attached hydrogens (primary N) is 1. The molecule has 1 atom stereocenters. The van der Waals surface area contributed by atoms with Gasteiger partial charge in [0.2, 0.25) is 0 Å². The van der Waals surface area contributed by atoms with E-state index in [1.54, 1.807) is 0 Å². The van der Waals surface area contributed by atoms with E-state index in [4.69, 9.17) is 15.6 Å². The molecule has 0 radical (unpaired) electrons. The summed E-state index contributed by atoms with van der Waals surface area (Å²) < 4.78 is 5.33. The minimum Gasteiger partial charge on any atom is -0.394 e. The minimum absolute atomic E-state index is 0.0264. The number of benzene rings is 1. The largest absolute Gasteiger partial charge is 0.394 e. The zero-order chi connectivity index (χ0) is 11.4. The van der Waals surface area contributed by atoms with Crippen molar-refractivity contribution in [2.24, 2.45) is 5.73 Å². The Balaban J connectivity index is 2.24. The monoisotopic (exact) mass is 222 g/mol. The lowest BCUT2D eigenvalue weighted by Gasteiger charge is -2.31. The molecule has 0 amide bonds. The number of hydrogen-bond acceptors (Lipinski definition) is 4. The van der Waals surface area contributed by atoms with Gasteiger partial charge in [-0.05, 0) is 11.6 Å². The maximum absolute atomic E-state index is 9.14. The van der Waals surface area contributed by atoms with E-state index in [-0.39, 0.29) is 12.6 Å². The summed E-state index contributed by atoms with van der Waals surface area (Å²) >= 11 is 0. The highest BCUT2D eigenvalue weighted by Crippen LogP contribution is 2.25. The van der Waals surface area contributed by atoms with E-state index in [2.05, 4.69) is 11.0 Å². The molecule has 1 aliphatic rings. The van der Waals surface area contributed by atoms with E-state index in [0.29, 0.717) is 0 Å². The van der Waals surface area contributed by atoms with E-state index < -0.39 is 0 Å². The minimum atomic E-state index is -0.306. The van der Waals surface area contributed by atoms with Crippen molar-refractivity contribution in [1.29, 1.82) is 0 Å². The maximum Gasteiger partial charge on any atom is 0.0642 e. The SMILES string of the molecule is N[C@H](CO)c1ccccc1N1CCOCC1. The lowest BCUT2D eigenvalue weighted by molar-refractivity contribution is 0.122. The summed E-state index contributed by atoms with van der Waals surface area (Å²) in [7, 11) is 0. The number of ether oxygens (including phenoxy) is 1. The fourth-order valence-electron chi connectivity index (χ4n) is 1.99. The highest BCUT2D eigenvalue weighted by atomic mass is 16.5. The number of rotatable bonds is 3. The van der Waals surface area contributed by atoms with Gasteiger partial charge in [-0.1, -0.05) is 18.2 Å². The Kier molecular flexibility index (Phi) is 3.77. The Bertz CT molecular complexity index is 338. The molecule has 0 bridgehead atoms. The first kappa shape index (κ1) is 11.4. The van der Waals surface area contributed by atoms with Crippen LogP contribution in [0.4, 0.5) is 5.69 Å². The second kappa shape index (κ2) is 5.30. The molecule has 1 heterocycles. The van der Waals surface area contributed by atoms with Crippen molar-refractivity contribution in [3.8, 4) is 0 Å². The lowest BCUT2D eigenvalue weighted by Crippen LogP contribution is -2.37. The fourth-order valence-corrected chi connectivity index (χ4v) is 1.99. The van der Waals surface area contributed by atoms with Crippen LogP contribution in [0.25, 0.3) is 0 Å². The Morgan fingerprint density at radius 1 is 1.31 bits per heavy atom. The van der Waals surface area contributed by atoms with Crippen molar-refractivity contribution in [3.05, 3.63) is 29.8 Å². The van der Waals surface area contributed by atoms with Gasteiger partial charge < -0.3 is 20.5 Å². The standard InChI is InChI=1S/C12H18N2O2/c13-11(9-15)10-3-1-2-4-12(10)14-5-7-16-8-6-14/h1-4,11,15H,5-9,13H2/t11-/m1/s1. The predicted octanol–water partition coefficient (Wildman–Crippen LogP) is 0.515. The van der Waals surface area contributed by atoms with Crippen molar-refractivity contribution in [1.82, 2.24) is 0 Å². The van der Waals surface area contributed by atoms with Crippen LogP contribution < -0.4 is 10.6 Å². The Labute approximate surface area is 95.6 Å². The molecule has 1 aromatic carbocycles. The molecule has 4 nitrogen and oxygen atoms in total. The van der Waals surface area contributed by atoms with Gasteiger partial charge in [0.1, 0.15) is 0 Å². The fraction of sp³-hybridized carbons (Fsp3) is 0.500. The molecule has 0 aliphatic carbocycles. The Hall–Kier alpha value is -1.10. The number of hydrogen-bond donors (Lipinski definition) is 2. The second-order valence-corrected chi connectivity index (χ2v) is 3.95. The van der Waals surface area contributed by atoms with E-state index in [9.17, 15) is 0 Å². The van der Waals surface area contributed by atoms with Gasteiger partial charge in [-0.15, -0.1) is 0 Å². The van der Waals surface area contributed by atoms with Gasteiger partial charge in [-0.2, -0.15) is 0 Å². The molecule has 2 rings (SSSR count). The summed E-state index contributed by atoms with van der Waals surface area (Å²) in [5.74, 6) is 0. The molecule has 0 saturated carbocycles. The predicted molar refractivity (Wildman–Crippen MR) is 63.5 cm³/mol. The van der Waals surface area contributed by atoms with Gasteiger partial charge in [-0.3, -0.25) is 0 Å². The second-order valence-electron chi connectivity index (χ2n) is 3.95. The van der Waals surface area contributed by atoms with Gasteiger partial charge in [0, 0.05) is 18.8 Å². The van der Waals surface area contributed by atoms with Crippen molar-refractivity contribution >= 4 is 5.69 Å². The maximum atomic E-state index is 9.14. The van der Waals surface area contributed by atoms with Crippen LogP contribution in [0.15, 0.2) is 24.3 Å². The first-order valence-corrected chi connectivity index (χ1v) is 5.61. The molecular formula is C12H18N2O2. The number of morpholine rings is 1. The summed E-state index contributed by atoms with van der Waals surface area (Å²) in [6.45, 7) is 3.25. The number of aliphatic hydroxyl groups excluding tert-OH is 1. The topological polar surface area (TPSA) is 58.7 Å². The van der Waals surface area contributed by atoms with Crippen molar-refractivity contribution in [2.75, 3.05) is 37.8 Å². The molecule has 1 saturated heterocycles. The molecular weight excluding hydrogens is 204 g/mol. The number of anilines is 1. The molecule has 4 heteroatoms. The average molecular weight is 222 g/mol. The lowest BCUT2D eigenvalue weighted by atomic mass is 10.0. The third-order valence-electron chi connectivity index (χ3n) is 2.88. The Morgan fingerprint density at radius 3 is 2.69 bits per heavy atom.